The van der Waals surface area contributed by atoms with Gasteiger partial charge in [0.25, 0.3) is 0 Å². The summed E-state index contributed by atoms with van der Waals surface area (Å²) in [5.74, 6) is -1.38. The van der Waals surface area contributed by atoms with Crippen molar-refractivity contribution in [1.82, 2.24) is 5.32 Å². The van der Waals surface area contributed by atoms with Crippen LogP contribution in [-0.2, 0) is 9.53 Å². The molecule has 1 amide bonds. The Morgan fingerprint density at radius 1 is 1.33 bits per heavy atom. The fraction of sp³-hybridized carbons (Fsp3) is 0.429. The number of benzene rings is 1. The summed E-state index contributed by atoms with van der Waals surface area (Å²) in [4.78, 5) is 22.9. The number of aliphatic hydroxyl groups excluding tert-OH is 1. The highest BCUT2D eigenvalue weighted by molar-refractivity contribution is 6.30. The number of carboxylic acids is 1. The van der Waals surface area contributed by atoms with Crippen LogP contribution in [0.4, 0.5) is 4.79 Å². The molecule has 0 heterocycles. The van der Waals surface area contributed by atoms with Gasteiger partial charge in [0.15, 0.2) is 6.04 Å². The van der Waals surface area contributed by atoms with Crippen molar-refractivity contribution in [2.24, 2.45) is 0 Å². The molecule has 0 unspecified atom stereocenters. The van der Waals surface area contributed by atoms with Gasteiger partial charge in [-0.1, -0.05) is 23.7 Å². The van der Waals surface area contributed by atoms with E-state index in [2.05, 4.69) is 5.32 Å². The van der Waals surface area contributed by atoms with Gasteiger partial charge in [0, 0.05) is 5.02 Å². The number of carbonyl (C=O) groups is 2. The summed E-state index contributed by atoms with van der Waals surface area (Å²) in [5, 5.41) is 21.8. The minimum atomic E-state index is -1.54. The number of ether oxygens (including phenoxy) is 1. The van der Waals surface area contributed by atoms with E-state index >= 15 is 0 Å². The zero-order chi connectivity index (χ0) is 16.2. The van der Waals surface area contributed by atoms with Gasteiger partial charge in [-0.3, -0.25) is 0 Å². The van der Waals surface area contributed by atoms with Crippen molar-refractivity contribution in [2.45, 2.75) is 38.5 Å². The van der Waals surface area contributed by atoms with E-state index in [4.69, 9.17) is 21.4 Å². The van der Waals surface area contributed by atoms with E-state index in [0.717, 1.165) is 0 Å². The Hall–Kier alpha value is -1.79. The maximum Gasteiger partial charge on any atom is 0.408 e. The van der Waals surface area contributed by atoms with Crippen LogP contribution >= 0.6 is 11.6 Å². The van der Waals surface area contributed by atoms with Crippen LogP contribution in [0.2, 0.25) is 5.02 Å². The first-order valence-corrected chi connectivity index (χ1v) is 6.64. The molecule has 0 spiro atoms. The third kappa shape index (κ3) is 5.61. The van der Waals surface area contributed by atoms with Crippen LogP contribution < -0.4 is 5.32 Å². The van der Waals surface area contributed by atoms with E-state index in [-0.39, 0.29) is 5.56 Å². The van der Waals surface area contributed by atoms with Gasteiger partial charge < -0.3 is 20.3 Å². The first-order valence-electron chi connectivity index (χ1n) is 6.26. The van der Waals surface area contributed by atoms with Crippen molar-refractivity contribution < 1.29 is 24.5 Å². The van der Waals surface area contributed by atoms with E-state index in [1.54, 1.807) is 32.9 Å². The number of carbonyl (C=O) groups excluding carboxylic acids is 1. The van der Waals surface area contributed by atoms with Crippen molar-refractivity contribution in [3.05, 3.63) is 34.9 Å². The number of hydrogen-bond acceptors (Lipinski definition) is 4. The Morgan fingerprint density at radius 3 is 2.43 bits per heavy atom. The molecule has 1 aromatic rings. The molecule has 6 nitrogen and oxygen atoms in total. The van der Waals surface area contributed by atoms with Gasteiger partial charge in [-0.05, 0) is 38.5 Å². The van der Waals surface area contributed by atoms with Gasteiger partial charge in [0.2, 0.25) is 0 Å². The molecule has 0 radical (unpaired) electrons. The second kappa shape index (κ2) is 6.78. The van der Waals surface area contributed by atoms with Crippen molar-refractivity contribution in [1.29, 1.82) is 0 Å². The molecule has 21 heavy (non-hydrogen) atoms. The average Bonchev–Trinajstić information content (AvgIpc) is 2.32. The van der Waals surface area contributed by atoms with E-state index in [9.17, 15) is 14.7 Å². The number of rotatable bonds is 4. The average molecular weight is 316 g/mol. The Morgan fingerprint density at radius 2 is 1.95 bits per heavy atom. The maximum absolute atomic E-state index is 11.6. The van der Waals surface area contributed by atoms with Crippen molar-refractivity contribution in [2.75, 3.05) is 0 Å². The predicted octanol–water partition coefficient (Wildman–Crippen LogP) is 2.35. The van der Waals surface area contributed by atoms with Crippen LogP contribution in [0.15, 0.2) is 24.3 Å². The summed E-state index contributed by atoms with van der Waals surface area (Å²) in [6, 6.07) is 4.57. The minimum absolute atomic E-state index is 0.283. The fourth-order valence-corrected chi connectivity index (χ4v) is 1.79. The number of halogens is 1. The summed E-state index contributed by atoms with van der Waals surface area (Å²) < 4.78 is 4.98. The lowest BCUT2D eigenvalue weighted by Crippen LogP contribution is -2.46. The van der Waals surface area contributed by atoms with Crippen LogP contribution in [0.5, 0.6) is 0 Å². The molecule has 116 valence electrons. The van der Waals surface area contributed by atoms with Crippen LogP contribution in [0, 0.1) is 0 Å². The van der Waals surface area contributed by atoms with E-state index in [0.29, 0.717) is 5.02 Å². The Bertz CT molecular complexity index is 526. The standard InChI is InChI=1S/C14H18ClNO5/c1-14(2,3)21-13(20)16-10(12(18)19)11(17)8-5-4-6-9(15)7-8/h4-7,10-11,17H,1-3H3,(H,16,20)(H,18,19)/t10-,11+/m0/s1. The summed E-state index contributed by atoms with van der Waals surface area (Å²) in [7, 11) is 0. The first kappa shape index (κ1) is 17.3. The quantitative estimate of drug-likeness (QED) is 0.792. The number of aliphatic hydroxyl groups is 1. The molecule has 1 rings (SSSR count). The smallest absolute Gasteiger partial charge is 0.408 e. The maximum atomic E-state index is 11.6. The molecule has 0 bridgehead atoms. The third-order valence-electron chi connectivity index (χ3n) is 2.44. The topological polar surface area (TPSA) is 95.9 Å². The van der Waals surface area contributed by atoms with E-state index in [1.165, 1.54) is 12.1 Å². The Kier molecular flexibility index (Phi) is 5.57. The zero-order valence-electron chi connectivity index (χ0n) is 12.0. The first-order chi connectivity index (χ1) is 9.60. The van der Waals surface area contributed by atoms with Gasteiger partial charge in [-0.2, -0.15) is 0 Å². The summed E-state index contributed by atoms with van der Waals surface area (Å²) in [5.41, 5.74) is -0.486. The van der Waals surface area contributed by atoms with Gasteiger partial charge in [0.05, 0.1) is 0 Å². The Labute approximate surface area is 127 Å². The molecular weight excluding hydrogens is 298 g/mol. The normalized spacial score (nSPS) is 14.1. The number of amides is 1. The van der Waals surface area contributed by atoms with Crippen molar-refractivity contribution >= 4 is 23.7 Å². The molecule has 0 aliphatic carbocycles. The van der Waals surface area contributed by atoms with Crippen LogP contribution in [0.3, 0.4) is 0 Å². The highest BCUT2D eigenvalue weighted by Crippen LogP contribution is 2.21. The summed E-state index contributed by atoms with van der Waals surface area (Å²) in [6.45, 7) is 4.95. The molecule has 0 aliphatic heterocycles. The SMILES string of the molecule is CC(C)(C)OC(=O)N[C@H](C(=O)O)[C@H](O)c1cccc(Cl)c1. The van der Waals surface area contributed by atoms with Crippen molar-refractivity contribution in [3.63, 3.8) is 0 Å². The molecule has 0 fully saturated rings. The van der Waals surface area contributed by atoms with Gasteiger partial charge in [-0.25, -0.2) is 9.59 Å². The number of carboxylic acid groups (broad SMARTS) is 1. The summed E-state index contributed by atoms with van der Waals surface area (Å²) in [6.07, 6.45) is -2.37. The fourth-order valence-electron chi connectivity index (χ4n) is 1.59. The van der Waals surface area contributed by atoms with Crippen molar-refractivity contribution in [3.8, 4) is 0 Å². The molecule has 0 aromatic heterocycles. The zero-order valence-corrected chi connectivity index (χ0v) is 12.7. The second-order valence-corrected chi connectivity index (χ2v) is 5.90. The number of hydrogen-bond donors (Lipinski definition) is 3. The second-order valence-electron chi connectivity index (χ2n) is 5.46. The highest BCUT2D eigenvalue weighted by Gasteiger charge is 2.31. The van der Waals surface area contributed by atoms with E-state index in [1.807, 2.05) is 0 Å². The summed E-state index contributed by atoms with van der Waals surface area (Å²) >= 11 is 5.80. The largest absolute Gasteiger partial charge is 0.480 e. The molecule has 3 N–H and O–H groups in total. The van der Waals surface area contributed by atoms with Gasteiger partial charge in [-0.15, -0.1) is 0 Å². The monoisotopic (exact) mass is 315 g/mol. The highest BCUT2D eigenvalue weighted by atomic mass is 35.5. The molecule has 7 heteroatoms. The lowest BCUT2D eigenvalue weighted by atomic mass is 10.0. The van der Waals surface area contributed by atoms with Crippen LogP contribution in [-0.4, -0.2) is 33.9 Å². The van der Waals surface area contributed by atoms with Crippen LogP contribution in [0.1, 0.15) is 32.4 Å². The molecule has 0 aliphatic rings. The molecule has 1 aromatic carbocycles. The van der Waals surface area contributed by atoms with Gasteiger partial charge >= 0.3 is 12.1 Å². The third-order valence-corrected chi connectivity index (χ3v) is 2.68. The number of aliphatic carboxylic acids is 1. The van der Waals surface area contributed by atoms with Gasteiger partial charge in [0.1, 0.15) is 11.7 Å². The Balaban J connectivity index is 2.87. The molecule has 0 saturated carbocycles. The lowest BCUT2D eigenvalue weighted by Gasteiger charge is -2.24. The number of alkyl carbamates (subject to hydrolysis) is 1. The predicted molar refractivity (Wildman–Crippen MR) is 77.2 cm³/mol. The van der Waals surface area contributed by atoms with Crippen LogP contribution in [0.25, 0.3) is 0 Å². The minimum Gasteiger partial charge on any atom is -0.480 e. The molecule has 2 atom stereocenters. The molecular formula is C14H18ClNO5. The number of nitrogens with one attached hydrogen (secondary N) is 1. The van der Waals surface area contributed by atoms with E-state index < -0.39 is 29.8 Å². The molecule has 0 saturated heterocycles. The lowest BCUT2D eigenvalue weighted by molar-refractivity contribution is -0.142.